The summed E-state index contributed by atoms with van der Waals surface area (Å²) in [7, 11) is 0. The number of likely N-dealkylation sites (tertiary alicyclic amines) is 1. The number of hydrogen-bond donors (Lipinski definition) is 1. The Labute approximate surface area is 111 Å². The molecule has 0 radical (unpaired) electrons. The minimum absolute atomic E-state index is 0.307. The number of carbonyl (C=O) groups is 1. The summed E-state index contributed by atoms with van der Waals surface area (Å²) < 4.78 is 0. The van der Waals surface area contributed by atoms with E-state index in [1.54, 1.807) is 0 Å². The molecule has 2 aliphatic rings. The Morgan fingerprint density at radius 3 is 2.33 bits per heavy atom. The number of rotatable bonds is 4. The summed E-state index contributed by atoms with van der Waals surface area (Å²) in [6.45, 7) is 4.72. The lowest BCUT2D eigenvalue weighted by atomic mass is 10.00. The summed E-state index contributed by atoms with van der Waals surface area (Å²) in [5, 5.41) is 3.45. The highest BCUT2D eigenvalue weighted by atomic mass is 16.2. The quantitative estimate of drug-likeness (QED) is 0.834. The first-order valence-corrected chi connectivity index (χ1v) is 7.78. The van der Waals surface area contributed by atoms with Crippen LogP contribution in [0.1, 0.15) is 58.3 Å². The predicted octanol–water partition coefficient (Wildman–Crippen LogP) is 2.56. The van der Waals surface area contributed by atoms with Crippen molar-refractivity contribution in [3.05, 3.63) is 0 Å². The summed E-state index contributed by atoms with van der Waals surface area (Å²) in [5.74, 6) is 1.10. The van der Waals surface area contributed by atoms with Crippen molar-refractivity contribution >= 4 is 5.91 Å². The second kappa shape index (κ2) is 7.13. The number of amides is 1. The van der Waals surface area contributed by atoms with Crippen LogP contribution in [0.15, 0.2) is 0 Å². The van der Waals surface area contributed by atoms with Gasteiger partial charge in [0.25, 0.3) is 0 Å². The second-order valence-corrected chi connectivity index (χ2v) is 6.01. The number of nitrogens with one attached hydrogen (secondary N) is 1. The van der Waals surface area contributed by atoms with Crippen LogP contribution in [0.3, 0.4) is 0 Å². The fourth-order valence-corrected chi connectivity index (χ4v) is 3.30. The number of hydrogen-bond acceptors (Lipinski definition) is 2. The molecular formula is C15H28N2O. The molecule has 1 aliphatic heterocycles. The largest absolute Gasteiger partial charge is 0.342 e. The van der Waals surface area contributed by atoms with Gasteiger partial charge >= 0.3 is 0 Å². The van der Waals surface area contributed by atoms with E-state index in [9.17, 15) is 4.79 Å². The SMILES string of the molecule is C[C@@H](NCC(=O)N1CCCCCC1)C1CCCC1. The maximum atomic E-state index is 12.1. The highest BCUT2D eigenvalue weighted by Crippen LogP contribution is 2.27. The molecule has 0 unspecified atom stereocenters. The molecule has 3 nitrogen and oxygen atoms in total. The van der Waals surface area contributed by atoms with Gasteiger partial charge in [0.1, 0.15) is 0 Å². The van der Waals surface area contributed by atoms with Crippen molar-refractivity contribution in [1.82, 2.24) is 10.2 Å². The molecule has 0 aromatic carbocycles. The van der Waals surface area contributed by atoms with Crippen LogP contribution in [0.2, 0.25) is 0 Å². The Balaban J connectivity index is 1.69. The molecule has 1 atom stereocenters. The van der Waals surface area contributed by atoms with Gasteiger partial charge in [-0.3, -0.25) is 4.79 Å². The van der Waals surface area contributed by atoms with Crippen molar-refractivity contribution in [2.45, 2.75) is 64.3 Å². The molecule has 1 aliphatic carbocycles. The van der Waals surface area contributed by atoms with Crippen LogP contribution in [0.4, 0.5) is 0 Å². The third-order valence-corrected chi connectivity index (χ3v) is 4.64. The smallest absolute Gasteiger partial charge is 0.236 e. The molecule has 1 amide bonds. The van der Waals surface area contributed by atoms with Crippen LogP contribution in [0.25, 0.3) is 0 Å². The lowest BCUT2D eigenvalue weighted by Crippen LogP contribution is -2.43. The van der Waals surface area contributed by atoms with E-state index in [1.807, 2.05) is 0 Å². The zero-order valence-corrected chi connectivity index (χ0v) is 11.8. The van der Waals surface area contributed by atoms with E-state index in [2.05, 4.69) is 17.1 Å². The van der Waals surface area contributed by atoms with Gasteiger partial charge in [-0.25, -0.2) is 0 Å². The van der Waals surface area contributed by atoms with Crippen LogP contribution >= 0.6 is 0 Å². The molecule has 104 valence electrons. The lowest BCUT2D eigenvalue weighted by Gasteiger charge is -2.24. The van der Waals surface area contributed by atoms with E-state index in [-0.39, 0.29) is 0 Å². The average molecular weight is 252 g/mol. The first-order valence-electron chi connectivity index (χ1n) is 7.78. The zero-order valence-electron chi connectivity index (χ0n) is 11.8. The number of carbonyl (C=O) groups excluding carboxylic acids is 1. The molecule has 1 saturated carbocycles. The monoisotopic (exact) mass is 252 g/mol. The minimum Gasteiger partial charge on any atom is -0.342 e. The highest BCUT2D eigenvalue weighted by molar-refractivity contribution is 5.78. The average Bonchev–Trinajstić information content (AvgIpc) is 2.78. The van der Waals surface area contributed by atoms with Gasteiger partial charge in [-0.05, 0) is 38.5 Å². The molecule has 3 heteroatoms. The van der Waals surface area contributed by atoms with Crippen LogP contribution in [0, 0.1) is 5.92 Å². The van der Waals surface area contributed by atoms with Crippen LogP contribution in [-0.4, -0.2) is 36.5 Å². The Kier molecular flexibility index (Phi) is 5.48. The summed E-state index contributed by atoms with van der Waals surface area (Å²) in [6.07, 6.45) is 10.4. The molecule has 0 aromatic heterocycles. The van der Waals surface area contributed by atoms with E-state index in [0.717, 1.165) is 19.0 Å². The van der Waals surface area contributed by atoms with Gasteiger partial charge in [0.05, 0.1) is 6.54 Å². The van der Waals surface area contributed by atoms with Crippen molar-refractivity contribution < 1.29 is 4.79 Å². The highest BCUT2D eigenvalue weighted by Gasteiger charge is 2.22. The molecule has 18 heavy (non-hydrogen) atoms. The maximum Gasteiger partial charge on any atom is 0.236 e. The number of nitrogens with zero attached hydrogens (tertiary/aromatic N) is 1. The van der Waals surface area contributed by atoms with Gasteiger partial charge in [-0.2, -0.15) is 0 Å². The van der Waals surface area contributed by atoms with Gasteiger partial charge < -0.3 is 10.2 Å². The molecule has 2 rings (SSSR count). The topological polar surface area (TPSA) is 32.3 Å². The van der Waals surface area contributed by atoms with Gasteiger partial charge in [-0.1, -0.05) is 25.7 Å². The molecule has 1 saturated heterocycles. The zero-order chi connectivity index (χ0) is 12.8. The van der Waals surface area contributed by atoms with Crippen LogP contribution in [-0.2, 0) is 4.79 Å². The Bertz CT molecular complexity index is 253. The fourth-order valence-electron chi connectivity index (χ4n) is 3.30. The van der Waals surface area contributed by atoms with Crippen LogP contribution < -0.4 is 5.32 Å². The maximum absolute atomic E-state index is 12.1. The van der Waals surface area contributed by atoms with E-state index in [1.165, 1.54) is 51.4 Å². The third-order valence-electron chi connectivity index (χ3n) is 4.64. The normalized spacial score (nSPS) is 23.9. The minimum atomic E-state index is 0.307. The van der Waals surface area contributed by atoms with Crippen molar-refractivity contribution in [2.75, 3.05) is 19.6 Å². The lowest BCUT2D eigenvalue weighted by molar-refractivity contribution is -0.130. The van der Waals surface area contributed by atoms with Crippen molar-refractivity contribution in [2.24, 2.45) is 5.92 Å². The Hall–Kier alpha value is -0.570. The van der Waals surface area contributed by atoms with Crippen molar-refractivity contribution in [3.63, 3.8) is 0 Å². The third kappa shape index (κ3) is 3.98. The van der Waals surface area contributed by atoms with E-state index >= 15 is 0 Å². The molecule has 1 heterocycles. The summed E-state index contributed by atoms with van der Waals surface area (Å²) in [5.41, 5.74) is 0. The Morgan fingerprint density at radius 2 is 1.72 bits per heavy atom. The molecule has 0 spiro atoms. The molecule has 0 aromatic rings. The standard InChI is InChI=1S/C15H28N2O/c1-13(14-8-4-5-9-14)16-12-15(18)17-10-6-2-3-7-11-17/h13-14,16H,2-12H2,1H3/t13-/m1/s1. The molecule has 1 N–H and O–H groups in total. The van der Waals surface area contributed by atoms with E-state index in [4.69, 9.17) is 0 Å². The fraction of sp³-hybridized carbons (Fsp3) is 0.933. The van der Waals surface area contributed by atoms with Gasteiger partial charge in [-0.15, -0.1) is 0 Å². The van der Waals surface area contributed by atoms with Crippen molar-refractivity contribution in [1.29, 1.82) is 0 Å². The van der Waals surface area contributed by atoms with Crippen molar-refractivity contribution in [3.8, 4) is 0 Å². The van der Waals surface area contributed by atoms with E-state index < -0.39 is 0 Å². The Morgan fingerprint density at radius 1 is 1.11 bits per heavy atom. The predicted molar refractivity (Wildman–Crippen MR) is 74.5 cm³/mol. The second-order valence-electron chi connectivity index (χ2n) is 6.01. The molecular weight excluding hydrogens is 224 g/mol. The van der Waals surface area contributed by atoms with Gasteiger partial charge in [0.15, 0.2) is 0 Å². The summed E-state index contributed by atoms with van der Waals surface area (Å²) >= 11 is 0. The van der Waals surface area contributed by atoms with Gasteiger partial charge in [0, 0.05) is 19.1 Å². The van der Waals surface area contributed by atoms with E-state index in [0.29, 0.717) is 18.5 Å². The first-order chi connectivity index (χ1) is 8.77. The summed E-state index contributed by atoms with van der Waals surface area (Å²) in [4.78, 5) is 14.2. The first kappa shape index (κ1) is 13.9. The molecule has 0 bridgehead atoms. The van der Waals surface area contributed by atoms with Gasteiger partial charge in [0.2, 0.25) is 5.91 Å². The summed E-state index contributed by atoms with van der Waals surface area (Å²) in [6, 6.07) is 0.503. The molecule has 2 fully saturated rings. The van der Waals surface area contributed by atoms with Crippen LogP contribution in [0.5, 0.6) is 0 Å².